The summed E-state index contributed by atoms with van der Waals surface area (Å²) >= 11 is 0. The van der Waals surface area contributed by atoms with Crippen LogP contribution in [0.4, 0.5) is 5.69 Å². The first-order valence-corrected chi connectivity index (χ1v) is 11.7. The predicted octanol–water partition coefficient (Wildman–Crippen LogP) is 1.63. The molecule has 0 radical (unpaired) electrons. The summed E-state index contributed by atoms with van der Waals surface area (Å²) in [5.41, 5.74) is 1.90. The molecule has 1 aromatic carbocycles. The van der Waals surface area contributed by atoms with Gasteiger partial charge in [-0.15, -0.1) is 0 Å². The van der Waals surface area contributed by atoms with Gasteiger partial charge < -0.3 is 24.1 Å². The van der Waals surface area contributed by atoms with E-state index in [2.05, 4.69) is 16.0 Å². The van der Waals surface area contributed by atoms with E-state index in [-0.39, 0.29) is 12.2 Å². The predicted molar refractivity (Wildman–Crippen MR) is 123 cm³/mol. The van der Waals surface area contributed by atoms with Gasteiger partial charge in [0.1, 0.15) is 24.5 Å². The summed E-state index contributed by atoms with van der Waals surface area (Å²) in [6.07, 6.45) is 5.65. The number of benzene rings is 1. The van der Waals surface area contributed by atoms with Crippen LogP contribution in [-0.2, 0) is 14.3 Å². The molecule has 1 saturated carbocycles. The zero-order chi connectivity index (χ0) is 23.8. The maximum atomic E-state index is 10.5. The van der Waals surface area contributed by atoms with E-state index in [0.717, 1.165) is 31.0 Å². The van der Waals surface area contributed by atoms with Crippen molar-refractivity contribution in [2.75, 3.05) is 51.6 Å². The minimum Gasteiger partial charge on any atom is -0.493 e. The summed E-state index contributed by atoms with van der Waals surface area (Å²) in [6, 6.07) is 5.81. The molecule has 4 heterocycles. The van der Waals surface area contributed by atoms with E-state index in [1.807, 2.05) is 12.2 Å². The highest BCUT2D eigenvalue weighted by Gasteiger charge is 2.91. The van der Waals surface area contributed by atoms with E-state index in [1.165, 1.54) is 6.20 Å². The summed E-state index contributed by atoms with van der Waals surface area (Å²) in [4.78, 5) is 12.9. The number of anilines is 1. The van der Waals surface area contributed by atoms with Crippen molar-refractivity contribution in [3.8, 4) is 17.6 Å². The number of hydrogen-bond donors (Lipinski definition) is 1. The molecular formula is C25H24N4O6. The van der Waals surface area contributed by atoms with Crippen LogP contribution in [0.25, 0.3) is 10.9 Å². The second-order valence-corrected chi connectivity index (χ2v) is 9.43. The van der Waals surface area contributed by atoms with Crippen molar-refractivity contribution in [2.45, 2.75) is 23.7 Å². The zero-order valence-corrected chi connectivity index (χ0v) is 19.2. The van der Waals surface area contributed by atoms with Gasteiger partial charge in [0, 0.05) is 43.7 Å². The smallest absolute Gasteiger partial charge is 0.206 e. The summed E-state index contributed by atoms with van der Waals surface area (Å²) in [5, 5.41) is 22.7. The first-order valence-electron chi connectivity index (χ1n) is 11.7. The van der Waals surface area contributed by atoms with Gasteiger partial charge >= 0.3 is 0 Å². The van der Waals surface area contributed by atoms with Crippen LogP contribution >= 0.6 is 0 Å². The number of aromatic nitrogens is 1. The molecule has 3 aliphatic heterocycles. The lowest BCUT2D eigenvalue weighted by molar-refractivity contribution is -0.0487. The minimum absolute atomic E-state index is 0.115. The number of hydroxylamine groups is 1. The first-order chi connectivity index (χ1) is 17.1. The molecule has 3 atom stereocenters. The van der Waals surface area contributed by atoms with Gasteiger partial charge in [-0.2, -0.15) is 5.26 Å². The quantitative estimate of drug-likeness (QED) is 0.592. The Labute approximate surface area is 201 Å². The van der Waals surface area contributed by atoms with Gasteiger partial charge in [0.05, 0.1) is 42.8 Å². The second kappa shape index (κ2) is 7.32. The summed E-state index contributed by atoms with van der Waals surface area (Å²) in [5.74, 6) is 1.93. The lowest BCUT2D eigenvalue weighted by Crippen LogP contribution is -2.51. The summed E-state index contributed by atoms with van der Waals surface area (Å²) in [6.45, 7) is 3.57. The van der Waals surface area contributed by atoms with E-state index < -0.39 is 11.7 Å². The molecule has 0 bridgehead atoms. The van der Waals surface area contributed by atoms with Gasteiger partial charge in [0.25, 0.3) is 0 Å². The van der Waals surface area contributed by atoms with Crippen molar-refractivity contribution in [1.82, 2.24) is 9.88 Å². The number of fused-ring (bicyclic) bond motifs is 1. The number of nitrogens with zero attached hydrogens (tertiary/aromatic N) is 4. The highest BCUT2D eigenvalue weighted by Crippen LogP contribution is 2.78. The number of allylic oxidation sites excluding steroid dienone is 2. The van der Waals surface area contributed by atoms with Gasteiger partial charge in [-0.3, -0.25) is 14.7 Å². The fourth-order valence-corrected chi connectivity index (χ4v) is 5.42. The molecular weight excluding hydrogens is 452 g/mol. The Morgan fingerprint density at radius 3 is 2.89 bits per heavy atom. The van der Waals surface area contributed by atoms with Crippen LogP contribution in [0.3, 0.4) is 0 Å². The number of ether oxygens (including phenoxy) is 4. The number of rotatable bonds is 7. The molecule has 2 aromatic rings. The SMILES string of the molecule is COc1cc2c(N3OC45CC46OC6=CC=C35)c(C#N)cnc2cc1OC[C@H](O)CN1CCOCC1. The monoisotopic (exact) mass is 476 g/mol. The highest BCUT2D eigenvalue weighted by molar-refractivity contribution is 5.98. The lowest BCUT2D eigenvalue weighted by Gasteiger charge is -2.43. The Morgan fingerprint density at radius 1 is 1.23 bits per heavy atom. The number of nitriles is 1. The fourth-order valence-electron chi connectivity index (χ4n) is 5.42. The number of morpholine rings is 1. The average Bonchev–Trinajstić information content (AvgIpc) is 3.76. The van der Waals surface area contributed by atoms with Crippen molar-refractivity contribution in [3.63, 3.8) is 0 Å². The average molecular weight is 476 g/mol. The Balaban J connectivity index is 1.17. The molecule has 2 spiro atoms. The third-order valence-corrected chi connectivity index (χ3v) is 7.39. The Kier molecular flexibility index (Phi) is 4.39. The van der Waals surface area contributed by atoms with E-state index in [1.54, 1.807) is 24.3 Å². The van der Waals surface area contributed by atoms with Crippen LogP contribution < -0.4 is 14.5 Å². The molecule has 0 amide bonds. The van der Waals surface area contributed by atoms with Crippen LogP contribution in [0.5, 0.6) is 11.5 Å². The molecule has 3 saturated heterocycles. The van der Waals surface area contributed by atoms with Crippen molar-refractivity contribution >= 4 is 16.6 Å². The number of epoxide rings is 1. The van der Waals surface area contributed by atoms with Crippen LogP contribution in [0.1, 0.15) is 12.0 Å². The van der Waals surface area contributed by atoms with Gasteiger partial charge in [-0.25, -0.2) is 5.06 Å². The zero-order valence-electron chi connectivity index (χ0n) is 19.2. The third-order valence-electron chi connectivity index (χ3n) is 7.39. The van der Waals surface area contributed by atoms with E-state index in [0.29, 0.717) is 53.4 Å². The van der Waals surface area contributed by atoms with Gasteiger partial charge in [-0.1, -0.05) is 0 Å². The molecule has 180 valence electrons. The molecule has 35 heavy (non-hydrogen) atoms. The maximum absolute atomic E-state index is 10.5. The van der Waals surface area contributed by atoms with Crippen molar-refractivity contribution in [1.29, 1.82) is 5.26 Å². The van der Waals surface area contributed by atoms with E-state index in [4.69, 9.17) is 23.8 Å². The van der Waals surface area contributed by atoms with Crippen LogP contribution in [-0.4, -0.2) is 78.9 Å². The molecule has 2 aliphatic carbocycles. The molecule has 5 aliphatic rings. The molecule has 2 unspecified atom stereocenters. The van der Waals surface area contributed by atoms with E-state index >= 15 is 0 Å². The molecule has 1 aromatic heterocycles. The maximum Gasteiger partial charge on any atom is 0.206 e. The van der Waals surface area contributed by atoms with Crippen LogP contribution in [0.2, 0.25) is 0 Å². The number of methoxy groups -OCH3 is 1. The highest BCUT2D eigenvalue weighted by atomic mass is 16.8. The fraction of sp³-hybridized carbons (Fsp3) is 0.440. The van der Waals surface area contributed by atoms with Gasteiger partial charge in [0.2, 0.25) is 5.60 Å². The number of aliphatic hydroxyl groups is 1. The third kappa shape index (κ3) is 2.93. The second-order valence-electron chi connectivity index (χ2n) is 9.43. The van der Waals surface area contributed by atoms with Crippen molar-refractivity contribution in [2.24, 2.45) is 0 Å². The van der Waals surface area contributed by atoms with Gasteiger partial charge in [0.15, 0.2) is 17.1 Å². The molecule has 1 N–H and O–H groups in total. The normalized spacial score (nSPS) is 28.8. The lowest BCUT2D eigenvalue weighted by atomic mass is 10.0. The Morgan fingerprint density at radius 2 is 2.09 bits per heavy atom. The van der Waals surface area contributed by atoms with Crippen LogP contribution in [0, 0.1) is 11.3 Å². The minimum atomic E-state index is -0.657. The van der Waals surface area contributed by atoms with E-state index in [9.17, 15) is 10.4 Å². The molecule has 10 nitrogen and oxygen atoms in total. The Hall–Kier alpha value is -3.36. The largest absolute Gasteiger partial charge is 0.493 e. The molecule has 10 heteroatoms. The number of hydrogen-bond acceptors (Lipinski definition) is 10. The summed E-state index contributed by atoms with van der Waals surface area (Å²) < 4.78 is 22.7. The van der Waals surface area contributed by atoms with Crippen LogP contribution in [0.15, 0.2) is 41.9 Å². The summed E-state index contributed by atoms with van der Waals surface area (Å²) in [7, 11) is 1.56. The molecule has 7 rings (SSSR count). The number of β-amino-alcohol motifs (C(OH)–C–C–N with tert-alkyl or cyclic N) is 1. The van der Waals surface area contributed by atoms with Gasteiger partial charge in [-0.05, 0) is 18.2 Å². The number of pyridine rings is 1. The standard InChI is InChI=1S/C25H24N4O6/c1-31-19-8-17-18(9-20(19)33-13-16(30)12-28-4-6-32-7-5-28)27-11-15(10-26)23(17)29-21-2-3-22-25(34-22)14-24(21,25)35-29/h2-3,8-9,11,16,30H,4-7,12-14H2,1H3/t16-,24?,25?/m1/s1. The number of aliphatic hydroxyl groups excluding tert-OH is 1. The van der Waals surface area contributed by atoms with Crippen molar-refractivity contribution in [3.05, 3.63) is 47.5 Å². The molecule has 4 fully saturated rings. The topological polar surface area (TPSA) is 113 Å². The van der Waals surface area contributed by atoms with Crippen molar-refractivity contribution < 1.29 is 28.9 Å². The Bertz CT molecular complexity index is 1350. The first kappa shape index (κ1) is 21.0.